The van der Waals surface area contributed by atoms with Crippen molar-refractivity contribution in [3.8, 4) is 0 Å². The van der Waals surface area contributed by atoms with Crippen LogP contribution in [0.3, 0.4) is 0 Å². The minimum absolute atomic E-state index is 0.0672. The molecule has 4 nitrogen and oxygen atoms in total. The van der Waals surface area contributed by atoms with Gasteiger partial charge >= 0.3 is 0 Å². The first-order valence-electron chi connectivity index (χ1n) is 6.20. The van der Waals surface area contributed by atoms with Crippen molar-refractivity contribution in [1.29, 1.82) is 0 Å². The van der Waals surface area contributed by atoms with Crippen molar-refractivity contribution in [2.24, 2.45) is 0 Å². The molecule has 2 heterocycles. The molecular weight excluding hydrogens is 245 g/mol. The molecule has 2 atom stereocenters. The standard InChI is InChI=1S/C14H14FN3O/c15-11-3-1-2-10(6-11)13-7-12(19)9-18(13)14-8-16-4-5-17-14/h1-6,8,12-13,19H,7,9H2/t12-,13-/m0/s1. The molecule has 1 aliphatic heterocycles. The van der Waals surface area contributed by atoms with Crippen LogP contribution in [-0.2, 0) is 0 Å². The normalized spacial score (nSPS) is 22.7. The fourth-order valence-electron chi connectivity index (χ4n) is 2.54. The van der Waals surface area contributed by atoms with E-state index < -0.39 is 6.10 Å². The predicted octanol–water partition coefficient (Wildman–Crippen LogP) is 1.93. The van der Waals surface area contributed by atoms with Crippen LogP contribution in [0, 0.1) is 5.82 Å². The zero-order valence-electron chi connectivity index (χ0n) is 10.3. The van der Waals surface area contributed by atoms with Crippen LogP contribution >= 0.6 is 0 Å². The highest BCUT2D eigenvalue weighted by Gasteiger charge is 2.33. The lowest BCUT2D eigenvalue weighted by molar-refractivity contribution is 0.194. The average molecular weight is 259 g/mol. The van der Waals surface area contributed by atoms with Gasteiger partial charge < -0.3 is 10.0 Å². The molecule has 98 valence electrons. The summed E-state index contributed by atoms with van der Waals surface area (Å²) in [7, 11) is 0. The van der Waals surface area contributed by atoms with Gasteiger partial charge in [-0.2, -0.15) is 0 Å². The summed E-state index contributed by atoms with van der Waals surface area (Å²) < 4.78 is 13.3. The molecule has 5 heteroatoms. The number of hydrogen-bond acceptors (Lipinski definition) is 4. The SMILES string of the molecule is O[C@H]1C[C@@H](c2cccc(F)c2)N(c2cnccn2)C1. The third kappa shape index (κ3) is 2.42. The van der Waals surface area contributed by atoms with Crippen molar-refractivity contribution in [1.82, 2.24) is 9.97 Å². The lowest BCUT2D eigenvalue weighted by Crippen LogP contribution is -2.25. The maximum Gasteiger partial charge on any atom is 0.147 e. The molecule has 0 spiro atoms. The minimum Gasteiger partial charge on any atom is -0.391 e. The molecule has 0 saturated carbocycles. The van der Waals surface area contributed by atoms with Gasteiger partial charge in [0.25, 0.3) is 0 Å². The van der Waals surface area contributed by atoms with E-state index in [1.807, 2.05) is 11.0 Å². The number of rotatable bonds is 2. The second-order valence-corrected chi connectivity index (χ2v) is 4.68. The summed E-state index contributed by atoms with van der Waals surface area (Å²) in [6.07, 6.45) is 5.01. The molecule has 1 aliphatic rings. The van der Waals surface area contributed by atoms with Gasteiger partial charge in [-0.1, -0.05) is 12.1 Å². The summed E-state index contributed by atoms with van der Waals surface area (Å²) in [6.45, 7) is 0.486. The highest BCUT2D eigenvalue weighted by molar-refractivity contribution is 5.42. The van der Waals surface area contributed by atoms with Gasteiger partial charge in [0, 0.05) is 18.9 Å². The lowest BCUT2D eigenvalue weighted by atomic mass is 10.0. The monoisotopic (exact) mass is 259 g/mol. The van der Waals surface area contributed by atoms with Gasteiger partial charge in [0.1, 0.15) is 11.6 Å². The van der Waals surface area contributed by atoms with Gasteiger partial charge in [0.2, 0.25) is 0 Å². The van der Waals surface area contributed by atoms with Crippen molar-refractivity contribution < 1.29 is 9.50 Å². The molecule has 0 unspecified atom stereocenters. The number of β-amino-alcohol motifs (C(OH)–C–C–N with tert-alkyl or cyclic N) is 1. The minimum atomic E-state index is -0.435. The average Bonchev–Trinajstić information content (AvgIpc) is 2.82. The van der Waals surface area contributed by atoms with Gasteiger partial charge in [0.05, 0.1) is 18.3 Å². The first-order valence-corrected chi connectivity index (χ1v) is 6.20. The van der Waals surface area contributed by atoms with Crippen LogP contribution in [0.25, 0.3) is 0 Å². The number of benzene rings is 1. The second-order valence-electron chi connectivity index (χ2n) is 4.68. The third-order valence-corrected chi connectivity index (χ3v) is 3.36. The van der Waals surface area contributed by atoms with E-state index in [1.54, 1.807) is 24.7 Å². The first kappa shape index (κ1) is 12.0. The molecule has 1 aromatic carbocycles. The van der Waals surface area contributed by atoms with Gasteiger partial charge in [-0.05, 0) is 24.1 Å². The smallest absolute Gasteiger partial charge is 0.147 e. The molecule has 0 aliphatic carbocycles. The van der Waals surface area contributed by atoms with Crippen LogP contribution in [0.2, 0.25) is 0 Å². The van der Waals surface area contributed by atoms with E-state index >= 15 is 0 Å². The van der Waals surface area contributed by atoms with Gasteiger partial charge in [-0.3, -0.25) is 4.98 Å². The van der Waals surface area contributed by atoms with Crippen LogP contribution in [-0.4, -0.2) is 27.7 Å². The van der Waals surface area contributed by atoms with E-state index in [2.05, 4.69) is 9.97 Å². The van der Waals surface area contributed by atoms with Crippen LogP contribution < -0.4 is 4.90 Å². The quantitative estimate of drug-likeness (QED) is 0.895. The summed E-state index contributed by atoms with van der Waals surface area (Å²) in [6, 6.07) is 6.41. The number of aromatic nitrogens is 2. The summed E-state index contributed by atoms with van der Waals surface area (Å²) in [5.41, 5.74) is 0.849. The molecule has 3 rings (SSSR count). The molecule has 0 bridgehead atoms. The Balaban J connectivity index is 1.95. The fourth-order valence-corrected chi connectivity index (χ4v) is 2.54. The number of aliphatic hydroxyl groups is 1. The zero-order chi connectivity index (χ0) is 13.2. The molecule has 19 heavy (non-hydrogen) atoms. The van der Waals surface area contributed by atoms with Crippen LogP contribution in [0.15, 0.2) is 42.9 Å². The Kier molecular flexibility index (Phi) is 3.13. The topological polar surface area (TPSA) is 49.2 Å². The molecule has 1 N–H and O–H groups in total. The lowest BCUT2D eigenvalue weighted by Gasteiger charge is -2.25. The van der Waals surface area contributed by atoms with E-state index in [0.29, 0.717) is 18.8 Å². The number of halogens is 1. The number of hydrogen-bond donors (Lipinski definition) is 1. The molecule has 0 radical (unpaired) electrons. The maximum absolute atomic E-state index is 13.3. The Morgan fingerprint density at radius 1 is 1.32 bits per heavy atom. The maximum atomic E-state index is 13.3. The Labute approximate surface area is 110 Å². The van der Waals surface area contributed by atoms with Crippen molar-refractivity contribution in [2.75, 3.05) is 11.4 Å². The number of anilines is 1. The van der Waals surface area contributed by atoms with Crippen molar-refractivity contribution >= 4 is 5.82 Å². The highest BCUT2D eigenvalue weighted by atomic mass is 19.1. The van der Waals surface area contributed by atoms with E-state index in [-0.39, 0.29) is 11.9 Å². The molecule has 1 fully saturated rings. The predicted molar refractivity (Wildman–Crippen MR) is 69.1 cm³/mol. The van der Waals surface area contributed by atoms with Crippen molar-refractivity contribution in [3.63, 3.8) is 0 Å². The third-order valence-electron chi connectivity index (χ3n) is 3.36. The van der Waals surface area contributed by atoms with Gasteiger partial charge in [-0.15, -0.1) is 0 Å². The summed E-state index contributed by atoms with van der Waals surface area (Å²) >= 11 is 0. The van der Waals surface area contributed by atoms with Gasteiger partial charge in [0.15, 0.2) is 0 Å². The molecule has 0 amide bonds. The summed E-state index contributed by atoms with van der Waals surface area (Å²) in [5, 5.41) is 9.88. The first-order chi connectivity index (χ1) is 9.24. The van der Waals surface area contributed by atoms with E-state index in [4.69, 9.17) is 0 Å². The van der Waals surface area contributed by atoms with Crippen LogP contribution in [0.1, 0.15) is 18.0 Å². The highest BCUT2D eigenvalue weighted by Crippen LogP contribution is 2.35. The van der Waals surface area contributed by atoms with Gasteiger partial charge in [-0.25, -0.2) is 9.37 Å². The summed E-state index contributed by atoms with van der Waals surface area (Å²) in [4.78, 5) is 10.3. The van der Waals surface area contributed by atoms with Crippen molar-refractivity contribution in [3.05, 3.63) is 54.2 Å². The number of nitrogens with zero attached hydrogens (tertiary/aromatic N) is 3. The zero-order valence-corrected chi connectivity index (χ0v) is 10.3. The fraction of sp³-hybridized carbons (Fsp3) is 0.286. The Bertz CT molecular complexity index is 564. The van der Waals surface area contributed by atoms with Crippen molar-refractivity contribution in [2.45, 2.75) is 18.6 Å². The second kappa shape index (κ2) is 4.93. The summed E-state index contributed by atoms with van der Waals surface area (Å²) in [5.74, 6) is 0.436. The molecule has 2 aromatic rings. The van der Waals surface area contributed by atoms with E-state index in [9.17, 15) is 9.50 Å². The van der Waals surface area contributed by atoms with Crippen LogP contribution in [0.4, 0.5) is 10.2 Å². The largest absolute Gasteiger partial charge is 0.391 e. The number of aliphatic hydroxyl groups excluding tert-OH is 1. The van der Waals surface area contributed by atoms with E-state index in [1.165, 1.54) is 12.1 Å². The van der Waals surface area contributed by atoms with E-state index in [0.717, 1.165) is 5.56 Å². The molecular formula is C14H14FN3O. The Hall–Kier alpha value is -2.01. The molecule has 1 saturated heterocycles. The Morgan fingerprint density at radius 2 is 2.21 bits per heavy atom. The Morgan fingerprint density at radius 3 is 2.95 bits per heavy atom. The molecule has 1 aromatic heterocycles. The van der Waals surface area contributed by atoms with Crippen LogP contribution in [0.5, 0.6) is 0 Å².